The van der Waals surface area contributed by atoms with Crippen molar-refractivity contribution in [3.63, 3.8) is 0 Å². The molecule has 0 saturated heterocycles. The lowest BCUT2D eigenvalue weighted by molar-refractivity contribution is -0.146. The van der Waals surface area contributed by atoms with E-state index in [9.17, 15) is 9.90 Å². The molecule has 3 heterocycles. The van der Waals surface area contributed by atoms with Crippen molar-refractivity contribution in [2.24, 2.45) is 5.92 Å². The summed E-state index contributed by atoms with van der Waals surface area (Å²) in [6.07, 6.45) is 5.06. The molecule has 0 spiro atoms. The zero-order valence-corrected chi connectivity index (χ0v) is 14.9. The van der Waals surface area contributed by atoms with Gasteiger partial charge >= 0.3 is 0 Å². The van der Waals surface area contributed by atoms with E-state index in [1.54, 1.807) is 12.4 Å². The van der Waals surface area contributed by atoms with Gasteiger partial charge in [-0.25, -0.2) is 0 Å². The fourth-order valence-corrected chi connectivity index (χ4v) is 3.61. The molecule has 0 radical (unpaired) electrons. The summed E-state index contributed by atoms with van der Waals surface area (Å²) in [5.41, 5.74) is 1.98. The van der Waals surface area contributed by atoms with E-state index in [1.165, 1.54) is 0 Å². The molecule has 0 unspecified atom stereocenters. The van der Waals surface area contributed by atoms with Gasteiger partial charge in [0, 0.05) is 24.4 Å². The van der Waals surface area contributed by atoms with Crippen molar-refractivity contribution < 1.29 is 14.6 Å². The normalized spacial score (nSPS) is 25.2. The Morgan fingerprint density at radius 3 is 2.92 bits per heavy atom. The minimum absolute atomic E-state index is 0.0248. The zero-order valence-electron chi connectivity index (χ0n) is 14.9. The highest BCUT2D eigenvalue weighted by Crippen LogP contribution is 2.31. The lowest BCUT2D eigenvalue weighted by Gasteiger charge is -2.37. The minimum atomic E-state index is -0.338. The highest BCUT2D eigenvalue weighted by molar-refractivity contribution is 5.80. The van der Waals surface area contributed by atoms with Gasteiger partial charge in [0.25, 0.3) is 0 Å². The maximum Gasteiger partial charge on any atom is 0.226 e. The molecule has 1 fully saturated rings. The van der Waals surface area contributed by atoms with E-state index in [0.717, 1.165) is 24.4 Å². The molecule has 2 aromatic rings. The smallest absolute Gasteiger partial charge is 0.226 e. The number of amides is 1. The summed E-state index contributed by atoms with van der Waals surface area (Å²) in [5, 5.41) is 13.9. The lowest BCUT2D eigenvalue weighted by Crippen LogP contribution is -2.49. The number of nitrogens with zero attached hydrogens (tertiary/aromatic N) is 4. The van der Waals surface area contributed by atoms with E-state index in [4.69, 9.17) is 4.74 Å². The summed E-state index contributed by atoms with van der Waals surface area (Å²) in [7, 11) is 0. The first-order valence-corrected chi connectivity index (χ1v) is 9.15. The molecule has 7 heteroatoms. The van der Waals surface area contributed by atoms with Crippen molar-refractivity contribution in [2.45, 2.75) is 51.4 Å². The summed E-state index contributed by atoms with van der Waals surface area (Å²) in [6, 6.07) is 5.75. The largest absolute Gasteiger partial charge is 0.490 e. The molecule has 0 aromatic carbocycles. The summed E-state index contributed by atoms with van der Waals surface area (Å²) < 4.78 is 7.89. The molecule has 1 saturated carbocycles. The molecule has 1 amide bonds. The third-order valence-electron chi connectivity index (χ3n) is 5.32. The molecule has 1 N–H and O–H groups in total. The molecule has 2 aliphatic rings. The van der Waals surface area contributed by atoms with Gasteiger partial charge in [-0.15, -0.1) is 0 Å². The van der Waals surface area contributed by atoms with Crippen molar-refractivity contribution in [2.75, 3.05) is 6.61 Å². The van der Waals surface area contributed by atoms with Crippen molar-refractivity contribution >= 4 is 5.91 Å². The van der Waals surface area contributed by atoms with Crippen LogP contribution in [0, 0.1) is 12.8 Å². The number of aliphatic hydroxyl groups is 1. The summed E-state index contributed by atoms with van der Waals surface area (Å²) in [6.45, 7) is 3.66. The Balaban J connectivity index is 1.49. The summed E-state index contributed by atoms with van der Waals surface area (Å²) in [4.78, 5) is 19.2. The van der Waals surface area contributed by atoms with Crippen LogP contribution in [0.5, 0.6) is 5.75 Å². The number of rotatable bonds is 4. The van der Waals surface area contributed by atoms with Crippen LogP contribution in [0.25, 0.3) is 0 Å². The maximum atomic E-state index is 13.0. The van der Waals surface area contributed by atoms with Crippen LogP contribution in [0.3, 0.4) is 0 Å². The molecule has 2 aromatic heterocycles. The van der Waals surface area contributed by atoms with Crippen LogP contribution < -0.4 is 4.74 Å². The standard InChI is InChI=1S/C19H24N4O3/c1-13-2-3-18(10-20-13)26-12-16-5-7-23-15(4-6-21-23)11-22(16)19(25)14-8-17(24)9-14/h2-4,6,10,14,16-17,24H,5,7-9,11-12H2,1H3/t14?,16-,17?/m1/s1. The second-order valence-electron chi connectivity index (χ2n) is 7.22. The van der Waals surface area contributed by atoms with E-state index < -0.39 is 0 Å². The highest BCUT2D eigenvalue weighted by atomic mass is 16.5. The average molecular weight is 356 g/mol. The van der Waals surface area contributed by atoms with E-state index >= 15 is 0 Å². The lowest BCUT2D eigenvalue weighted by atomic mass is 9.81. The molecule has 1 atom stereocenters. The van der Waals surface area contributed by atoms with Gasteiger partial charge in [-0.2, -0.15) is 5.10 Å². The molecule has 4 rings (SSSR count). The predicted octanol–water partition coefficient (Wildman–Crippen LogP) is 1.54. The Labute approximate surface area is 152 Å². The van der Waals surface area contributed by atoms with Gasteiger partial charge in [0.1, 0.15) is 12.4 Å². The second kappa shape index (κ2) is 7.07. The minimum Gasteiger partial charge on any atom is -0.490 e. The van der Waals surface area contributed by atoms with E-state index in [2.05, 4.69) is 10.1 Å². The second-order valence-corrected chi connectivity index (χ2v) is 7.22. The van der Waals surface area contributed by atoms with Gasteiger partial charge < -0.3 is 14.7 Å². The van der Waals surface area contributed by atoms with Gasteiger partial charge in [0.15, 0.2) is 0 Å². The Morgan fingerprint density at radius 1 is 1.35 bits per heavy atom. The first-order chi connectivity index (χ1) is 12.6. The van der Waals surface area contributed by atoms with E-state index in [1.807, 2.05) is 34.7 Å². The van der Waals surface area contributed by atoms with Gasteiger partial charge in [-0.05, 0) is 44.4 Å². The topological polar surface area (TPSA) is 80.5 Å². The Morgan fingerprint density at radius 2 is 2.19 bits per heavy atom. The third kappa shape index (κ3) is 3.44. The molecule has 1 aliphatic heterocycles. The Kier molecular flexibility index (Phi) is 4.63. The monoisotopic (exact) mass is 356 g/mol. The number of aryl methyl sites for hydroxylation is 2. The molecule has 138 valence electrons. The summed E-state index contributed by atoms with van der Waals surface area (Å²) >= 11 is 0. The van der Waals surface area contributed by atoms with Gasteiger partial charge in [-0.1, -0.05) is 0 Å². The molecule has 26 heavy (non-hydrogen) atoms. The van der Waals surface area contributed by atoms with Crippen LogP contribution in [0.4, 0.5) is 0 Å². The van der Waals surface area contributed by atoms with Crippen molar-refractivity contribution in [3.05, 3.63) is 42.0 Å². The first-order valence-electron chi connectivity index (χ1n) is 9.15. The first kappa shape index (κ1) is 17.0. The van der Waals surface area contributed by atoms with Crippen LogP contribution in [-0.4, -0.2) is 49.4 Å². The number of carbonyl (C=O) groups excluding carboxylic acids is 1. The van der Waals surface area contributed by atoms with Crippen LogP contribution in [0.1, 0.15) is 30.7 Å². The number of ether oxygens (including phenoxy) is 1. The van der Waals surface area contributed by atoms with Crippen LogP contribution >= 0.6 is 0 Å². The van der Waals surface area contributed by atoms with Gasteiger partial charge in [-0.3, -0.25) is 14.5 Å². The Hall–Kier alpha value is -2.41. The SMILES string of the molecule is Cc1ccc(OC[C@H]2CCn3nccc3CN2C(=O)C2CC(O)C2)cn1. The number of aliphatic hydroxyl groups excluding tert-OH is 1. The molecule has 0 bridgehead atoms. The van der Waals surface area contributed by atoms with Crippen molar-refractivity contribution in [1.29, 1.82) is 0 Å². The van der Waals surface area contributed by atoms with Crippen molar-refractivity contribution in [3.8, 4) is 5.75 Å². The van der Waals surface area contributed by atoms with E-state index in [-0.39, 0.29) is 24.0 Å². The van der Waals surface area contributed by atoms with E-state index in [0.29, 0.717) is 31.7 Å². The van der Waals surface area contributed by atoms with Crippen LogP contribution in [0.15, 0.2) is 30.6 Å². The van der Waals surface area contributed by atoms with Crippen LogP contribution in [-0.2, 0) is 17.9 Å². The fraction of sp³-hybridized carbons (Fsp3) is 0.526. The van der Waals surface area contributed by atoms with Crippen LogP contribution in [0.2, 0.25) is 0 Å². The van der Waals surface area contributed by atoms with Gasteiger partial charge in [0.2, 0.25) is 5.91 Å². The molecular weight excluding hydrogens is 332 g/mol. The number of pyridine rings is 1. The number of fused-ring (bicyclic) bond motifs is 1. The summed E-state index contributed by atoms with van der Waals surface area (Å²) in [5.74, 6) is 0.743. The number of hydrogen-bond acceptors (Lipinski definition) is 5. The number of carbonyl (C=O) groups is 1. The number of hydrogen-bond donors (Lipinski definition) is 1. The average Bonchev–Trinajstić information content (AvgIpc) is 2.98. The maximum absolute atomic E-state index is 13.0. The van der Waals surface area contributed by atoms with Gasteiger partial charge in [0.05, 0.1) is 30.6 Å². The Bertz CT molecular complexity index is 767. The predicted molar refractivity (Wildman–Crippen MR) is 94.4 cm³/mol. The highest BCUT2D eigenvalue weighted by Gasteiger charge is 2.39. The zero-order chi connectivity index (χ0) is 18.1. The molecule has 7 nitrogen and oxygen atoms in total. The molecule has 1 aliphatic carbocycles. The fourth-order valence-electron chi connectivity index (χ4n) is 3.61. The third-order valence-corrected chi connectivity index (χ3v) is 5.32. The van der Waals surface area contributed by atoms with Crippen molar-refractivity contribution in [1.82, 2.24) is 19.7 Å². The quantitative estimate of drug-likeness (QED) is 0.899. The molecular formula is C19H24N4O3. The number of aromatic nitrogens is 3.